The first-order valence-electron chi connectivity index (χ1n) is 7.17. The second-order valence-electron chi connectivity index (χ2n) is 7.14. The lowest BCUT2D eigenvalue weighted by molar-refractivity contribution is -0.160. The number of fused-ring (bicyclic) bond motifs is 1. The number of hydrogen-bond donors (Lipinski definition) is 0. The first kappa shape index (κ1) is 14.3. The molecule has 0 aromatic heterocycles. The van der Waals surface area contributed by atoms with E-state index in [1.807, 2.05) is 27.7 Å². The lowest BCUT2D eigenvalue weighted by Gasteiger charge is -2.40. The molecule has 19 heavy (non-hydrogen) atoms. The van der Waals surface area contributed by atoms with Gasteiger partial charge in [0.25, 0.3) is 0 Å². The molecule has 0 spiro atoms. The molecule has 3 heteroatoms. The second-order valence-corrected chi connectivity index (χ2v) is 7.14. The Hall–Kier alpha value is -1.12. The summed E-state index contributed by atoms with van der Waals surface area (Å²) in [6, 6.07) is 0. The molecule has 2 aliphatic rings. The molecule has 106 valence electrons. The van der Waals surface area contributed by atoms with E-state index in [-0.39, 0.29) is 17.3 Å². The maximum absolute atomic E-state index is 12.2. The van der Waals surface area contributed by atoms with Crippen molar-refractivity contribution in [2.45, 2.75) is 65.9 Å². The number of hydrogen-bond acceptors (Lipinski definition) is 3. The predicted octanol–water partition coefficient (Wildman–Crippen LogP) is 3.88. The number of esters is 1. The molecule has 1 fully saturated rings. The minimum atomic E-state index is -0.401. The highest BCUT2D eigenvalue weighted by Gasteiger charge is 2.40. The molecule has 0 aromatic rings. The molecule has 1 heterocycles. The molecule has 0 N–H and O–H groups in total. The molecular weight excluding hydrogens is 238 g/mol. The Morgan fingerprint density at radius 3 is 2.79 bits per heavy atom. The Morgan fingerprint density at radius 2 is 2.16 bits per heavy atom. The number of aliphatic imine (C=N–C) groups is 1. The van der Waals surface area contributed by atoms with Crippen LogP contribution in [-0.2, 0) is 9.53 Å². The predicted molar refractivity (Wildman–Crippen MR) is 77.1 cm³/mol. The van der Waals surface area contributed by atoms with Gasteiger partial charge in [-0.1, -0.05) is 13.0 Å². The number of ether oxygens (including phenoxy) is 1. The van der Waals surface area contributed by atoms with Crippen LogP contribution < -0.4 is 0 Å². The van der Waals surface area contributed by atoms with Gasteiger partial charge < -0.3 is 4.74 Å². The third-order valence-corrected chi connectivity index (χ3v) is 4.08. The minimum Gasteiger partial charge on any atom is -0.460 e. The monoisotopic (exact) mass is 263 g/mol. The summed E-state index contributed by atoms with van der Waals surface area (Å²) in [6.07, 6.45) is 5.96. The first-order valence-corrected chi connectivity index (χ1v) is 7.17. The summed E-state index contributed by atoms with van der Waals surface area (Å²) < 4.78 is 5.51. The van der Waals surface area contributed by atoms with Gasteiger partial charge in [-0.2, -0.15) is 0 Å². The average molecular weight is 263 g/mol. The molecule has 2 rings (SSSR count). The molecule has 0 saturated heterocycles. The SMILES string of the molecule is CC1=CCC2(C)CCC(C(=O)OC(C)(C)C)CC2=N1. The van der Waals surface area contributed by atoms with E-state index < -0.39 is 5.60 Å². The summed E-state index contributed by atoms with van der Waals surface area (Å²) in [5.41, 5.74) is 2.03. The van der Waals surface area contributed by atoms with Crippen molar-refractivity contribution in [2.75, 3.05) is 0 Å². The van der Waals surface area contributed by atoms with Gasteiger partial charge in [0, 0.05) is 16.8 Å². The molecule has 1 saturated carbocycles. The van der Waals surface area contributed by atoms with Crippen LogP contribution in [0.5, 0.6) is 0 Å². The van der Waals surface area contributed by atoms with E-state index in [0.717, 1.165) is 31.4 Å². The van der Waals surface area contributed by atoms with Gasteiger partial charge in [-0.05, 0) is 53.4 Å². The normalized spacial score (nSPS) is 31.1. The van der Waals surface area contributed by atoms with Gasteiger partial charge >= 0.3 is 5.97 Å². The van der Waals surface area contributed by atoms with E-state index in [1.54, 1.807) is 0 Å². The number of rotatable bonds is 1. The molecule has 0 aromatic carbocycles. The van der Waals surface area contributed by atoms with Crippen molar-refractivity contribution in [3.8, 4) is 0 Å². The van der Waals surface area contributed by atoms with Crippen LogP contribution >= 0.6 is 0 Å². The molecular formula is C16H25NO2. The fourth-order valence-electron chi connectivity index (χ4n) is 2.84. The fraction of sp³-hybridized carbons (Fsp3) is 0.750. The zero-order chi connectivity index (χ0) is 14.3. The standard InChI is InChI=1S/C16H25NO2/c1-11-6-8-16(5)9-7-12(10-13(16)17-11)14(18)19-15(2,3)4/h6,12H,7-10H2,1-5H3. The number of carbonyl (C=O) groups is 1. The van der Waals surface area contributed by atoms with Crippen LogP contribution in [0.3, 0.4) is 0 Å². The van der Waals surface area contributed by atoms with Crippen LogP contribution in [0.1, 0.15) is 60.3 Å². The zero-order valence-electron chi connectivity index (χ0n) is 12.7. The minimum absolute atomic E-state index is 0.0167. The third-order valence-electron chi connectivity index (χ3n) is 4.08. The van der Waals surface area contributed by atoms with Gasteiger partial charge in [0.1, 0.15) is 5.60 Å². The molecule has 1 aliphatic heterocycles. The lowest BCUT2D eigenvalue weighted by Crippen LogP contribution is -2.40. The van der Waals surface area contributed by atoms with Crippen LogP contribution in [0, 0.1) is 11.3 Å². The van der Waals surface area contributed by atoms with E-state index in [9.17, 15) is 4.79 Å². The number of nitrogens with zero attached hydrogens (tertiary/aromatic N) is 1. The molecule has 0 radical (unpaired) electrons. The average Bonchev–Trinajstić information content (AvgIpc) is 2.27. The quantitative estimate of drug-likeness (QED) is 0.673. The van der Waals surface area contributed by atoms with Gasteiger partial charge in [0.05, 0.1) is 5.92 Å². The van der Waals surface area contributed by atoms with Crippen molar-refractivity contribution >= 4 is 11.7 Å². The van der Waals surface area contributed by atoms with E-state index in [2.05, 4.69) is 18.0 Å². The summed E-state index contributed by atoms with van der Waals surface area (Å²) >= 11 is 0. The maximum Gasteiger partial charge on any atom is 0.309 e. The Labute approximate surface area is 116 Å². The van der Waals surface area contributed by atoms with E-state index >= 15 is 0 Å². The highest BCUT2D eigenvalue weighted by Crippen LogP contribution is 2.42. The smallest absolute Gasteiger partial charge is 0.309 e. The molecule has 2 atom stereocenters. The van der Waals surface area contributed by atoms with Gasteiger partial charge in [-0.3, -0.25) is 9.79 Å². The van der Waals surface area contributed by atoms with Crippen molar-refractivity contribution in [3.63, 3.8) is 0 Å². The zero-order valence-corrected chi connectivity index (χ0v) is 12.7. The Morgan fingerprint density at radius 1 is 1.47 bits per heavy atom. The molecule has 0 bridgehead atoms. The maximum atomic E-state index is 12.2. The van der Waals surface area contributed by atoms with E-state index in [4.69, 9.17) is 4.74 Å². The molecule has 1 aliphatic carbocycles. The van der Waals surface area contributed by atoms with Gasteiger partial charge in [-0.15, -0.1) is 0 Å². The van der Waals surface area contributed by atoms with Gasteiger partial charge in [-0.25, -0.2) is 0 Å². The van der Waals surface area contributed by atoms with Crippen molar-refractivity contribution in [1.82, 2.24) is 0 Å². The summed E-state index contributed by atoms with van der Waals surface area (Å²) in [4.78, 5) is 16.9. The Kier molecular flexibility index (Phi) is 3.59. The first-order chi connectivity index (χ1) is 8.70. The van der Waals surface area contributed by atoms with Crippen molar-refractivity contribution in [2.24, 2.45) is 16.3 Å². The highest BCUT2D eigenvalue weighted by atomic mass is 16.6. The summed E-state index contributed by atoms with van der Waals surface area (Å²) in [6.45, 7) is 10.1. The molecule has 3 nitrogen and oxygen atoms in total. The third kappa shape index (κ3) is 3.26. The Balaban J connectivity index is 2.09. The topological polar surface area (TPSA) is 38.7 Å². The molecule has 0 amide bonds. The van der Waals surface area contributed by atoms with Gasteiger partial charge in [0.2, 0.25) is 0 Å². The van der Waals surface area contributed by atoms with Crippen LogP contribution in [0.2, 0.25) is 0 Å². The number of carbonyl (C=O) groups excluding carboxylic acids is 1. The van der Waals surface area contributed by atoms with E-state index in [1.165, 1.54) is 5.71 Å². The van der Waals surface area contributed by atoms with Crippen LogP contribution in [0.4, 0.5) is 0 Å². The van der Waals surface area contributed by atoms with Crippen LogP contribution in [-0.4, -0.2) is 17.3 Å². The van der Waals surface area contributed by atoms with Crippen molar-refractivity contribution in [1.29, 1.82) is 0 Å². The van der Waals surface area contributed by atoms with Crippen LogP contribution in [0.15, 0.2) is 16.8 Å². The number of allylic oxidation sites excluding steroid dienone is 2. The second kappa shape index (κ2) is 4.77. The van der Waals surface area contributed by atoms with Crippen molar-refractivity contribution in [3.05, 3.63) is 11.8 Å². The van der Waals surface area contributed by atoms with Crippen LogP contribution in [0.25, 0.3) is 0 Å². The summed E-state index contributed by atoms with van der Waals surface area (Å²) in [7, 11) is 0. The Bertz CT molecular complexity index is 442. The fourth-order valence-corrected chi connectivity index (χ4v) is 2.84. The van der Waals surface area contributed by atoms with Crippen molar-refractivity contribution < 1.29 is 9.53 Å². The summed E-state index contributed by atoms with van der Waals surface area (Å²) in [5, 5.41) is 0. The lowest BCUT2D eigenvalue weighted by atomic mass is 9.67. The van der Waals surface area contributed by atoms with E-state index in [0.29, 0.717) is 0 Å². The largest absolute Gasteiger partial charge is 0.460 e. The summed E-state index contributed by atoms with van der Waals surface area (Å²) in [5.74, 6) is -0.0820. The highest BCUT2D eigenvalue weighted by molar-refractivity contribution is 5.95. The molecule has 2 unspecified atom stereocenters. The van der Waals surface area contributed by atoms with Gasteiger partial charge in [0.15, 0.2) is 0 Å².